The van der Waals surface area contributed by atoms with E-state index >= 15 is 0 Å². The molecule has 104 valence electrons. The number of para-hydroxylation sites is 2. The molecule has 0 amide bonds. The van der Waals surface area contributed by atoms with Crippen LogP contribution >= 0.6 is 27.5 Å². The van der Waals surface area contributed by atoms with Crippen LogP contribution in [-0.2, 0) is 0 Å². The van der Waals surface area contributed by atoms with E-state index in [1.54, 1.807) is 6.92 Å². The van der Waals surface area contributed by atoms with Crippen molar-refractivity contribution in [1.29, 1.82) is 5.26 Å². The van der Waals surface area contributed by atoms with Crippen LogP contribution in [0, 0.1) is 18.3 Å². The van der Waals surface area contributed by atoms with E-state index in [0.717, 1.165) is 11.0 Å². The second-order valence-electron chi connectivity index (χ2n) is 4.48. The number of nitriles is 1. The molecule has 1 atom stereocenters. The monoisotopic (exact) mass is 361 g/mol. The summed E-state index contributed by atoms with van der Waals surface area (Å²) in [6.45, 7) is 1.80. The quantitative estimate of drug-likeness (QED) is 0.705. The Bertz CT molecular complexity index is 834. The van der Waals surface area contributed by atoms with E-state index in [9.17, 15) is 5.26 Å². The summed E-state index contributed by atoms with van der Waals surface area (Å²) in [6, 6.07) is 9.82. The van der Waals surface area contributed by atoms with Gasteiger partial charge in [0, 0.05) is 0 Å². The SMILES string of the molecule is Cc1nc(Cl)nc([C@@H](C#N)c2nc3ccccc3[nH]2)c1Br. The van der Waals surface area contributed by atoms with Crippen molar-refractivity contribution in [3.8, 4) is 6.07 Å². The van der Waals surface area contributed by atoms with Crippen LogP contribution in [0.4, 0.5) is 0 Å². The molecule has 0 aliphatic carbocycles. The number of nitrogens with zero attached hydrogens (tertiary/aromatic N) is 4. The maximum Gasteiger partial charge on any atom is 0.222 e. The molecule has 5 nitrogen and oxygen atoms in total. The van der Waals surface area contributed by atoms with Gasteiger partial charge >= 0.3 is 0 Å². The van der Waals surface area contributed by atoms with E-state index in [4.69, 9.17) is 11.6 Å². The minimum Gasteiger partial charge on any atom is -0.341 e. The van der Waals surface area contributed by atoms with Crippen LogP contribution in [0.2, 0.25) is 5.28 Å². The van der Waals surface area contributed by atoms with Crippen molar-refractivity contribution in [2.45, 2.75) is 12.8 Å². The third kappa shape index (κ3) is 2.50. The zero-order chi connectivity index (χ0) is 15.0. The molecule has 0 saturated heterocycles. The Morgan fingerprint density at radius 1 is 1.29 bits per heavy atom. The molecule has 0 aliphatic rings. The molecule has 7 heteroatoms. The molecular weight excluding hydrogens is 354 g/mol. The highest BCUT2D eigenvalue weighted by Gasteiger charge is 2.23. The molecule has 0 fully saturated rings. The summed E-state index contributed by atoms with van der Waals surface area (Å²) in [4.78, 5) is 15.8. The van der Waals surface area contributed by atoms with Gasteiger partial charge < -0.3 is 4.98 Å². The van der Waals surface area contributed by atoms with Crippen molar-refractivity contribution < 1.29 is 0 Å². The Labute approximate surface area is 134 Å². The van der Waals surface area contributed by atoms with E-state index in [1.165, 1.54) is 0 Å². The molecule has 0 radical (unpaired) electrons. The standard InChI is InChI=1S/C14H9BrClN5/c1-7-11(15)12(21-14(16)18-7)8(6-17)13-19-9-4-2-3-5-10(9)20-13/h2-5,8H,1H3,(H,19,20)/t8-/m1/s1. The van der Waals surface area contributed by atoms with E-state index in [-0.39, 0.29) is 5.28 Å². The minimum atomic E-state index is -0.647. The van der Waals surface area contributed by atoms with Crippen molar-refractivity contribution >= 4 is 38.6 Å². The normalized spacial score (nSPS) is 12.3. The highest BCUT2D eigenvalue weighted by atomic mass is 79.9. The number of aromatic nitrogens is 4. The first kappa shape index (κ1) is 14.0. The zero-order valence-electron chi connectivity index (χ0n) is 10.9. The van der Waals surface area contributed by atoms with Gasteiger partial charge in [-0.2, -0.15) is 5.26 Å². The summed E-state index contributed by atoms with van der Waals surface area (Å²) >= 11 is 9.33. The lowest BCUT2D eigenvalue weighted by Gasteiger charge is -2.09. The van der Waals surface area contributed by atoms with Crippen molar-refractivity contribution in [2.24, 2.45) is 0 Å². The summed E-state index contributed by atoms with van der Waals surface area (Å²) in [5, 5.41) is 9.64. The lowest BCUT2D eigenvalue weighted by atomic mass is 10.1. The third-order valence-corrected chi connectivity index (χ3v) is 4.25. The molecule has 3 rings (SSSR count). The average Bonchev–Trinajstić information content (AvgIpc) is 2.88. The highest BCUT2D eigenvalue weighted by Crippen LogP contribution is 2.30. The van der Waals surface area contributed by atoms with Crippen molar-refractivity contribution in [2.75, 3.05) is 0 Å². The molecule has 0 saturated carbocycles. The average molecular weight is 363 g/mol. The fourth-order valence-electron chi connectivity index (χ4n) is 2.10. The van der Waals surface area contributed by atoms with Crippen LogP contribution in [-0.4, -0.2) is 19.9 Å². The molecule has 0 aliphatic heterocycles. The van der Waals surface area contributed by atoms with Crippen molar-refractivity contribution in [3.05, 3.63) is 51.2 Å². The molecule has 0 bridgehead atoms. The molecule has 0 unspecified atom stereocenters. The first-order chi connectivity index (χ1) is 10.1. The number of aromatic amines is 1. The lowest BCUT2D eigenvalue weighted by molar-refractivity contribution is 0.864. The van der Waals surface area contributed by atoms with Gasteiger partial charge in [-0.05, 0) is 46.6 Å². The minimum absolute atomic E-state index is 0.113. The molecule has 2 aromatic heterocycles. The van der Waals surface area contributed by atoms with E-state index < -0.39 is 5.92 Å². The largest absolute Gasteiger partial charge is 0.341 e. The summed E-state index contributed by atoms with van der Waals surface area (Å²) in [5.74, 6) is -0.112. The molecule has 2 heterocycles. The topological polar surface area (TPSA) is 78.2 Å². The number of fused-ring (bicyclic) bond motifs is 1. The number of hydrogen-bond acceptors (Lipinski definition) is 4. The molecule has 1 N–H and O–H groups in total. The predicted octanol–water partition coefficient (Wildman–Crippen LogP) is 3.73. The third-order valence-electron chi connectivity index (χ3n) is 3.10. The summed E-state index contributed by atoms with van der Waals surface area (Å²) in [6.07, 6.45) is 0. The first-order valence-electron chi connectivity index (χ1n) is 6.14. The number of halogens is 2. The van der Waals surface area contributed by atoms with Crippen LogP contribution in [0.25, 0.3) is 11.0 Å². The maximum absolute atomic E-state index is 9.53. The van der Waals surface area contributed by atoms with E-state index in [2.05, 4.69) is 41.9 Å². The number of imidazole rings is 1. The fraction of sp³-hybridized carbons (Fsp3) is 0.143. The second kappa shape index (κ2) is 5.43. The zero-order valence-corrected chi connectivity index (χ0v) is 13.3. The predicted molar refractivity (Wildman–Crippen MR) is 83.0 cm³/mol. The number of aryl methyl sites for hydroxylation is 1. The van der Waals surface area contributed by atoms with Gasteiger partial charge in [0.05, 0.1) is 33.0 Å². The van der Waals surface area contributed by atoms with Gasteiger partial charge in [0.15, 0.2) is 0 Å². The number of rotatable bonds is 2. The van der Waals surface area contributed by atoms with E-state index in [1.807, 2.05) is 24.3 Å². The number of benzene rings is 1. The van der Waals surface area contributed by atoms with Crippen LogP contribution in [0.15, 0.2) is 28.7 Å². The summed E-state index contributed by atoms with van der Waals surface area (Å²) < 4.78 is 0.666. The molecule has 21 heavy (non-hydrogen) atoms. The Morgan fingerprint density at radius 3 is 2.76 bits per heavy atom. The van der Waals surface area contributed by atoms with Gasteiger partial charge in [-0.1, -0.05) is 12.1 Å². The van der Waals surface area contributed by atoms with Crippen LogP contribution in [0.5, 0.6) is 0 Å². The second-order valence-corrected chi connectivity index (χ2v) is 5.61. The van der Waals surface area contributed by atoms with Gasteiger partial charge in [-0.25, -0.2) is 15.0 Å². The van der Waals surface area contributed by atoms with Crippen LogP contribution < -0.4 is 0 Å². The Morgan fingerprint density at radius 2 is 2.05 bits per heavy atom. The maximum atomic E-state index is 9.53. The van der Waals surface area contributed by atoms with Crippen molar-refractivity contribution in [3.63, 3.8) is 0 Å². The lowest BCUT2D eigenvalue weighted by Crippen LogP contribution is -2.07. The van der Waals surface area contributed by atoms with Gasteiger partial charge in [0.1, 0.15) is 11.7 Å². The molecule has 0 spiro atoms. The first-order valence-corrected chi connectivity index (χ1v) is 7.31. The molecule has 3 aromatic rings. The van der Waals surface area contributed by atoms with E-state index in [0.29, 0.717) is 21.7 Å². The van der Waals surface area contributed by atoms with Gasteiger partial charge in [0.2, 0.25) is 5.28 Å². The van der Waals surface area contributed by atoms with Crippen LogP contribution in [0.1, 0.15) is 23.1 Å². The Hall–Kier alpha value is -1.97. The summed E-state index contributed by atoms with van der Waals surface area (Å²) in [5.41, 5.74) is 2.87. The summed E-state index contributed by atoms with van der Waals surface area (Å²) in [7, 11) is 0. The number of nitrogens with one attached hydrogen (secondary N) is 1. The Balaban J connectivity index is 2.17. The Kier molecular flexibility index (Phi) is 3.62. The van der Waals surface area contributed by atoms with Crippen LogP contribution in [0.3, 0.4) is 0 Å². The van der Waals surface area contributed by atoms with Gasteiger partial charge in [-0.15, -0.1) is 0 Å². The van der Waals surface area contributed by atoms with Gasteiger partial charge in [-0.3, -0.25) is 0 Å². The van der Waals surface area contributed by atoms with Gasteiger partial charge in [0.25, 0.3) is 0 Å². The smallest absolute Gasteiger partial charge is 0.222 e. The highest BCUT2D eigenvalue weighted by molar-refractivity contribution is 9.10. The fourth-order valence-corrected chi connectivity index (χ4v) is 2.72. The number of H-pyrrole nitrogens is 1. The molecular formula is C14H9BrClN5. The molecule has 1 aromatic carbocycles. The number of hydrogen-bond donors (Lipinski definition) is 1. The van der Waals surface area contributed by atoms with Crippen molar-refractivity contribution in [1.82, 2.24) is 19.9 Å².